The van der Waals surface area contributed by atoms with Crippen molar-refractivity contribution in [1.82, 2.24) is 4.90 Å². The molecule has 1 rings (SSSR count). The molecule has 0 N–H and O–H groups in total. The molecule has 0 bridgehead atoms. The van der Waals surface area contributed by atoms with Crippen LogP contribution in [-0.4, -0.2) is 37.2 Å². The van der Waals surface area contributed by atoms with Crippen molar-refractivity contribution in [2.75, 3.05) is 26.7 Å². The first-order valence-corrected chi connectivity index (χ1v) is 5.41. The Balaban J connectivity index is 2.42. The van der Waals surface area contributed by atoms with Crippen LogP contribution in [0.15, 0.2) is 37.0 Å². The van der Waals surface area contributed by atoms with Crippen LogP contribution < -0.4 is 0 Å². The smallest absolute Gasteiger partial charge is 0.0928 e. The van der Waals surface area contributed by atoms with Crippen LogP contribution in [0.3, 0.4) is 0 Å². The fraction of sp³-hybridized carbons (Fsp3) is 0.538. The molecule has 0 aromatic rings. The summed E-state index contributed by atoms with van der Waals surface area (Å²) in [5.74, 6) is 0. The van der Waals surface area contributed by atoms with E-state index in [4.69, 9.17) is 4.74 Å². The van der Waals surface area contributed by atoms with Gasteiger partial charge in [0.1, 0.15) is 0 Å². The van der Waals surface area contributed by atoms with Crippen molar-refractivity contribution < 1.29 is 4.74 Å². The molecule has 0 aromatic heterocycles. The molecule has 0 unspecified atom stereocenters. The molecular weight excluding hydrogens is 186 g/mol. The predicted molar refractivity (Wildman–Crippen MR) is 64.9 cm³/mol. The van der Waals surface area contributed by atoms with Crippen LogP contribution in [0.1, 0.15) is 13.3 Å². The number of hydrogen-bond donors (Lipinski definition) is 0. The molecule has 0 aliphatic carbocycles. The average molecular weight is 207 g/mol. The second-order valence-electron chi connectivity index (χ2n) is 4.07. The van der Waals surface area contributed by atoms with Crippen molar-refractivity contribution >= 4 is 0 Å². The maximum atomic E-state index is 5.52. The Morgan fingerprint density at radius 2 is 2.13 bits per heavy atom. The molecule has 2 heteroatoms. The van der Waals surface area contributed by atoms with Gasteiger partial charge in [-0.15, -0.1) is 0 Å². The standard InChI is InChI=1S/C13H21NO/c1-5-8-12(6-2)9-14-10-13(7-3,11-14)15-4/h5-6,8H,1-2,7,9-11H2,3-4H3/b12-8+. The summed E-state index contributed by atoms with van der Waals surface area (Å²) < 4.78 is 5.52. The van der Waals surface area contributed by atoms with E-state index < -0.39 is 0 Å². The summed E-state index contributed by atoms with van der Waals surface area (Å²) in [7, 11) is 1.80. The van der Waals surface area contributed by atoms with Gasteiger partial charge in [-0.05, 0) is 12.0 Å². The first-order chi connectivity index (χ1) is 7.19. The number of likely N-dealkylation sites (tertiary alicyclic amines) is 1. The quantitative estimate of drug-likeness (QED) is 0.620. The van der Waals surface area contributed by atoms with Crippen molar-refractivity contribution in [2.24, 2.45) is 0 Å². The van der Waals surface area contributed by atoms with Crippen LogP contribution in [0.2, 0.25) is 0 Å². The van der Waals surface area contributed by atoms with Gasteiger partial charge in [0.05, 0.1) is 5.60 Å². The third-order valence-corrected chi connectivity index (χ3v) is 3.10. The zero-order valence-corrected chi connectivity index (χ0v) is 9.83. The molecule has 0 saturated carbocycles. The summed E-state index contributed by atoms with van der Waals surface area (Å²) in [5, 5.41) is 0. The summed E-state index contributed by atoms with van der Waals surface area (Å²) in [5.41, 5.74) is 1.31. The molecule has 15 heavy (non-hydrogen) atoms. The van der Waals surface area contributed by atoms with Gasteiger partial charge in [-0.3, -0.25) is 4.90 Å². The average Bonchev–Trinajstić information content (AvgIpc) is 2.21. The fourth-order valence-electron chi connectivity index (χ4n) is 1.97. The molecule has 1 aliphatic rings. The van der Waals surface area contributed by atoms with Gasteiger partial charge < -0.3 is 4.74 Å². The lowest BCUT2D eigenvalue weighted by Gasteiger charge is -2.49. The van der Waals surface area contributed by atoms with Crippen LogP contribution in [0, 0.1) is 0 Å². The summed E-state index contributed by atoms with van der Waals surface area (Å²) in [4.78, 5) is 2.37. The highest BCUT2D eigenvalue weighted by atomic mass is 16.5. The number of nitrogens with zero attached hydrogens (tertiary/aromatic N) is 1. The largest absolute Gasteiger partial charge is 0.376 e. The summed E-state index contributed by atoms with van der Waals surface area (Å²) in [6, 6.07) is 0. The Bertz CT molecular complexity index is 256. The summed E-state index contributed by atoms with van der Waals surface area (Å²) >= 11 is 0. The molecule has 0 radical (unpaired) electrons. The minimum Gasteiger partial charge on any atom is -0.376 e. The van der Waals surface area contributed by atoms with Crippen LogP contribution >= 0.6 is 0 Å². The van der Waals surface area contributed by atoms with E-state index in [1.165, 1.54) is 5.57 Å². The normalized spacial score (nSPS) is 20.8. The Labute approximate surface area is 92.9 Å². The van der Waals surface area contributed by atoms with Crippen LogP contribution in [0.4, 0.5) is 0 Å². The Morgan fingerprint density at radius 3 is 2.53 bits per heavy atom. The van der Waals surface area contributed by atoms with E-state index in [0.29, 0.717) is 0 Å². The molecule has 0 aromatic carbocycles. The second kappa shape index (κ2) is 5.29. The molecule has 1 aliphatic heterocycles. The van der Waals surface area contributed by atoms with Gasteiger partial charge in [0, 0.05) is 26.7 Å². The van der Waals surface area contributed by atoms with Gasteiger partial charge in [-0.1, -0.05) is 38.3 Å². The molecule has 0 amide bonds. The van der Waals surface area contributed by atoms with Crippen molar-refractivity contribution in [1.29, 1.82) is 0 Å². The molecule has 1 fully saturated rings. The molecule has 0 spiro atoms. The van der Waals surface area contributed by atoms with E-state index in [-0.39, 0.29) is 5.60 Å². The molecular formula is C13H21NO. The van der Waals surface area contributed by atoms with Crippen molar-refractivity contribution in [3.8, 4) is 0 Å². The van der Waals surface area contributed by atoms with E-state index in [2.05, 4.69) is 25.0 Å². The van der Waals surface area contributed by atoms with Gasteiger partial charge in [0.15, 0.2) is 0 Å². The van der Waals surface area contributed by atoms with Crippen molar-refractivity contribution in [3.05, 3.63) is 37.0 Å². The molecule has 84 valence electrons. The number of hydrogen-bond acceptors (Lipinski definition) is 2. The number of allylic oxidation sites excluding steroid dienone is 2. The zero-order valence-electron chi connectivity index (χ0n) is 9.83. The van der Waals surface area contributed by atoms with Crippen molar-refractivity contribution in [2.45, 2.75) is 18.9 Å². The minimum absolute atomic E-state index is 0.0977. The lowest BCUT2D eigenvalue weighted by atomic mass is 9.90. The Hall–Kier alpha value is -0.860. The van der Waals surface area contributed by atoms with Crippen molar-refractivity contribution in [3.63, 3.8) is 0 Å². The van der Waals surface area contributed by atoms with Gasteiger partial charge in [-0.2, -0.15) is 0 Å². The molecule has 1 heterocycles. The highest BCUT2D eigenvalue weighted by Gasteiger charge is 2.41. The molecule has 0 atom stereocenters. The summed E-state index contributed by atoms with van der Waals surface area (Å²) in [6.07, 6.45) is 6.78. The fourth-order valence-corrected chi connectivity index (χ4v) is 1.97. The third kappa shape index (κ3) is 2.80. The maximum absolute atomic E-state index is 5.52. The lowest BCUT2D eigenvalue weighted by molar-refractivity contribution is -0.122. The number of ether oxygens (including phenoxy) is 1. The topological polar surface area (TPSA) is 12.5 Å². The maximum Gasteiger partial charge on any atom is 0.0928 e. The van der Waals surface area contributed by atoms with Crippen LogP contribution in [-0.2, 0) is 4.74 Å². The van der Waals surface area contributed by atoms with E-state index in [9.17, 15) is 0 Å². The van der Waals surface area contributed by atoms with Gasteiger partial charge in [-0.25, -0.2) is 0 Å². The number of methoxy groups -OCH3 is 1. The van der Waals surface area contributed by atoms with E-state index in [0.717, 1.165) is 26.1 Å². The van der Waals surface area contributed by atoms with Crippen LogP contribution in [0.5, 0.6) is 0 Å². The van der Waals surface area contributed by atoms with E-state index in [1.807, 2.05) is 12.2 Å². The van der Waals surface area contributed by atoms with Gasteiger partial charge >= 0.3 is 0 Å². The highest BCUT2D eigenvalue weighted by Crippen LogP contribution is 2.28. The van der Waals surface area contributed by atoms with Crippen LogP contribution in [0.25, 0.3) is 0 Å². The van der Waals surface area contributed by atoms with Gasteiger partial charge in [0.25, 0.3) is 0 Å². The van der Waals surface area contributed by atoms with E-state index >= 15 is 0 Å². The first kappa shape index (κ1) is 12.2. The highest BCUT2D eigenvalue weighted by molar-refractivity contribution is 5.23. The summed E-state index contributed by atoms with van der Waals surface area (Å²) in [6.45, 7) is 12.6. The molecule has 1 saturated heterocycles. The zero-order chi connectivity index (χ0) is 11.3. The Kier molecular flexibility index (Phi) is 4.30. The monoisotopic (exact) mass is 207 g/mol. The molecule has 2 nitrogen and oxygen atoms in total. The first-order valence-electron chi connectivity index (χ1n) is 5.41. The minimum atomic E-state index is 0.0977. The third-order valence-electron chi connectivity index (χ3n) is 3.10. The lowest BCUT2D eigenvalue weighted by Crippen LogP contribution is -2.62. The van der Waals surface area contributed by atoms with E-state index in [1.54, 1.807) is 13.2 Å². The second-order valence-corrected chi connectivity index (χ2v) is 4.07. The van der Waals surface area contributed by atoms with Gasteiger partial charge in [0.2, 0.25) is 0 Å². The Morgan fingerprint density at radius 1 is 1.47 bits per heavy atom. The predicted octanol–water partition coefficient (Wildman–Crippen LogP) is 2.40. The number of rotatable bonds is 6. The SMILES string of the molecule is C=C/C=C(\C=C)CN1CC(CC)(OC)C1.